The van der Waals surface area contributed by atoms with Crippen LogP contribution in [0.15, 0.2) is 0 Å². The quantitative estimate of drug-likeness (QED) is 0.117. The summed E-state index contributed by atoms with van der Waals surface area (Å²) in [5.41, 5.74) is 0. The molecule has 0 aliphatic heterocycles. The average molecular weight is 576 g/mol. The van der Waals surface area contributed by atoms with Gasteiger partial charge in [-0.1, -0.05) is 77.6 Å². The summed E-state index contributed by atoms with van der Waals surface area (Å²) in [5.74, 6) is -38.2. The zero-order valence-electron chi connectivity index (χ0n) is 20.0. The molecule has 0 saturated carbocycles. The lowest BCUT2D eigenvalue weighted by molar-refractivity contribution is -0.406. The van der Waals surface area contributed by atoms with Gasteiger partial charge in [-0.25, -0.2) is 0 Å². The lowest BCUT2D eigenvalue weighted by Gasteiger charge is -2.39. The Morgan fingerprint density at radius 1 is 0.486 bits per heavy atom. The molecular formula is C22H30F14O. The van der Waals surface area contributed by atoms with Crippen molar-refractivity contribution >= 4 is 5.78 Å². The smallest absolute Gasteiger partial charge is 0.299 e. The molecule has 15 heteroatoms. The molecular weight excluding hydrogens is 546 g/mol. The van der Waals surface area contributed by atoms with E-state index < -0.39 is 60.6 Å². The van der Waals surface area contributed by atoms with E-state index in [1.165, 1.54) is 0 Å². The van der Waals surface area contributed by atoms with Crippen LogP contribution in [-0.4, -0.2) is 41.8 Å². The van der Waals surface area contributed by atoms with Crippen molar-refractivity contribution in [1.29, 1.82) is 0 Å². The van der Waals surface area contributed by atoms with Gasteiger partial charge in [-0.15, -0.1) is 0 Å². The molecule has 0 fully saturated rings. The number of carbonyl (C=O) groups excluding carboxylic acids is 1. The summed E-state index contributed by atoms with van der Waals surface area (Å²) in [6.45, 7) is 2.06. The Kier molecular flexibility index (Phi) is 13.2. The van der Waals surface area contributed by atoms with Crippen molar-refractivity contribution in [3.05, 3.63) is 0 Å². The Hall–Kier alpha value is -1.31. The van der Waals surface area contributed by atoms with Gasteiger partial charge in [0.15, 0.2) is 5.92 Å². The number of rotatable bonds is 18. The van der Waals surface area contributed by atoms with Crippen LogP contribution in [0, 0.1) is 5.92 Å². The van der Waals surface area contributed by atoms with Gasteiger partial charge in [0.2, 0.25) is 0 Å². The van der Waals surface area contributed by atoms with Gasteiger partial charge in [0.25, 0.3) is 0 Å². The standard InChI is InChI=1S/C22H30F14O/c1-2-3-4-5-6-7-8-9-10-11-12-13-14-15(37)16(17(23,24)19(27,28)21(31,32)33)18(25,26)20(29,30)22(34,35)36/h16H,2-14H2,1H3. The van der Waals surface area contributed by atoms with Crippen molar-refractivity contribution in [3.8, 4) is 0 Å². The second kappa shape index (κ2) is 13.7. The van der Waals surface area contributed by atoms with E-state index in [0.717, 1.165) is 44.9 Å². The van der Waals surface area contributed by atoms with Gasteiger partial charge in [0.05, 0.1) is 0 Å². The largest absolute Gasteiger partial charge is 0.459 e. The molecule has 222 valence electrons. The van der Waals surface area contributed by atoms with Gasteiger partial charge in [0, 0.05) is 6.42 Å². The van der Waals surface area contributed by atoms with Crippen LogP contribution < -0.4 is 0 Å². The highest BCUT2D eigenvalue weighted by Crippen LogP contribution is 2.59. The normalized spacial score (nSPS) is 14.5. The van der Waals surface area contributed by atoms with E-state index in [0.29, 0.717) is 12.8 Å². The highest BCUT2D eigenvalue weighted by molar-refractivity contribution is 5.83. The first kappa shape index (κ1) is 35.7. The van der Waals surface area contributed by atoms with E-state index in [4.69, 9.17) is 0 Å². The molecule has 0 aliphatic rings. The fourth-order valence-corrected chi connectivity index (χ4v) is 3.66. The molecule has 0 radical (unpaired) electrons. The molecule has 0 spiro atoms. The van der Waals surface area contributed by atoms with Crippen LogP contribution in [0.1, 0.15) is 90.4 Å². The van der Waals surface area contributed by atoms with E-state index >= 15 is 0 Å². The van der Waals surface area contributed by atoms with Crippen molar-refractivity contribution in [2.45, 2.75) is 126 Å². The maximum Gasteiger partial charge on any atom is 0.459 e. The van der Waals surface area contributed by atoms with Crippen molar-refractivity contribution in [1.82, 2.24) is 0 Å². The Bertz CT molecular complexity index is 644. The maximum absolute atomic E-state index is 14.0. The predicted octanol–water partition coefficient (Wildman–Crippen LogP) is 9.93. The SMILES string of the molecule is CCCCCCCCCCCCCCC(=O)C(C(F)(F)C(F)(F)C(F)(F)F)C(F)(F)C(F)(F)C(F)(F)F. The van der Waals surface area contributed by atoms with E-state index in [9.17, 15) is 66.3 Å². The molecule has 0 amide bonds. The maximum atomic E-state index is 14.0. The zero-order valence-corrected chi connectivity index (χ0v) is 20.0. The Labute approximate surface area is 205 Å². The molecule has 0 saturated heterocycles. The van der Waals surface area contributed by atoms with Crippen molar-refractivity contribution < 1.29 is 66.3 Å². The first-order valence-electron chi connectivity index (χ1n) is 11.8. The van der Waals surface area contributed by atoms with Gasteiger partial charge >= 0.3 is 36.0 Å². The number of carbonyl (C=O) groups is 1. The molecule has 0 heterocycles. The first-order chi connectivity index (χ1) is 16.6. The van der Waals surface area contributed by atoms with E-state index in [-0.39, 0.29) is 12.8 Å². The number of halogens is 14. The van der Waals surface area contributed by atoms with Gasteiger partial charge in [0.1, 0.15) is 5.78 Å². The third-order valence-corrected chi connectivity index (χ3v) is 5.87. The van der Waals surface area contributed by atoms with Crippen LogP contribution in [0.5, 0.6) is 0 Å². The van der Waals surface area contributed by atoms with Gasteiger partial charge < -0.3 is 0 Å². The number of alkyl halides is 14. The molecule has 0 unspecified atom stereocenters. The topological polar surface area (TPSA) is 17.1 Å². The summed E-state index contributed by atoms with van der Waals surface area (Å²) in [6.07, 6.45) is -8.63. The Balaban J connectivity index is 5.36. The monoisotopic (exact) mass is 576 g/mol. The fraction of sp³-hybridized carbons (Fsp3) is 0.955. The number of unbranched alkanes of at least 4 members (excludes halogenated alkanes) is 11. The van der Waals surface area contributed by atoms with Crippen molar-refractivity contribution in [2.24, 2.45) is 5.92 Å². The van der Waals surface area contributed by atoms with E-state index in [1.54, 1.807) is 0 Å². The van der Waals surface area contributed by atoms with Crippen LogP contribution >= 0.6 is 0 Å². The van der Waals surface area contributed by atoms with Crippen molar-refractivity contribution in [3.63, 3.8) is 0 Å². The average Bonchev–Trinajstić information content (AvgIpc) is 2.72. The first-order valence-corrected chi connectivity index (χ1v) is 11.8. The van der Waals surface area contributed by atoms with Crippen LogP contribution in [0.3, 0.4) is 0 Å². The minimum absolute atomic E-state index is 0.114. The summed E-state index contributed by atoms with van der Waals surface area (Å²) in [6, 6.07) is 0. The molecule has 0 aromatic heterocycles. The van der Waals surface area contributed by atoms with E-state index in [1.807, 2.05) is 0 Å². The van der Waals surface area contributed by atoms with Gasteiger partial charge in [-0.05, 0) is 6.42 Å². The van der Waals surface area contributed by atoms with Crippen molar-refractivity contribution in [2.75, 3.05) is 0 Å². The van der Waals surface area contributed by atoms with E-state index in [2.05, 4.69) is 6.92 Å². The van der Waals surface area contributed by atoms with Crippen LogP contribution in [0.4, 0.5) is 61.5 Å². The van der Waals surface area contributed by atoms with Crippen LogP contribution in [-0.2, 0) is 4.79 Å². The summed E-state index contributed by atoms with van der Waals surface area (Å²) in [4.78, 5) is 11.9. The molecule has 0 atom stereocenters. The predicted molar refractivity (Wildman–Crippen MR) is 106 cm³/mol. The Morgan fingerprint density at radius 2 is 0.757 bits per heavy atom. The van der Waals surface area contributed by atoms with Gasteiger partial charge in [-0.3, -0.25) is 4.79 Å². The van der Waals surface area contributed by atoms with Crippen LogP contribution in [0.25, 0.3) is 0 Å². The lowest BCUT2D eigenvalue weighted by Crippen LogP contribution is -2.67. The molecule has 0 N–H and O–H groups in total. The second-order valence-corrected chi connectivity index (χ2v) is 8.93. The number of hydrogen-bond acceptors (Lipinski definition) is 1. The molecule has 0 rings (SSSR count). The zero-order chi connectivity index (χ0) is 29.3. The fourth-order valence-electron chi connectivity index (χ4n) is 3.66. The summed E-state index contributed by atoms with van der Waals surface area (Å²) < 4.78 is 184. The highest BCUT2D eigenvalue weighted by Gasteiger charge is 2.86. The van der Waals surface area contributed by atoms with Crippen LogP contribution in [0.2, 0.25) is 0 Å². The lowest BCUT2D eigenvalue weighted by atomic mass is 9.81. The second-order valence-electron chi connectivity index (χ2n) is 8.93. The number of hydrogen-bond donors (Lipinski definition) is 0. The molecule has 0 bridgehead atoms. The molecule has 0 aromatic carbocycles. The third kappa shape index (κ3) is 8.86. The third-order valence-electron chi connectivity index (χ3n) is 5.87. The molecule has 1 nitrogen and oxygen atoms in total. The highest BCUT2D eigenvalue weighted by atomic mass is 19.4. The van der Waals surface area contributed by atoms with Gasteiger partial charge in [-0.2, -0.15) is 61.5 Å². The molecule has 37 heavy (non-hydrogen) atoms. The minimum atomic E-state index is -7.51. The summed E-state index contributed by atoms with van der Waals surface area (Å²) in [7, 11) is 0. The Morgan fingerprint density at radius 3 is 1.03 bits per heavy atom. The minimum Gasteiger partial charge on any atom is -0.299 e. The number of ketones is 1. The molecule has 0 aromatic rings. The summed E-state index contributed by atoms with van der Waals surface area (Å²) in [5, 5.41) is 0. The summed E-state index contributed by atoms with van der Waals surface area (Å²) >= 11 is 0. The molecule has 0 aliphatic carbocycles. The number of Topliss-reactive ketones (excluding diaryl/α,β-unsaturated/α-hetero) is 1.